The van der Waals surface area contributed by atoms with Gasteiger partial charge in [0.25, 0.3) is 5.69 Å². The lowest BCUT2D eigenvalue weighted by Gasteiger charge is -2.08. The van der Waals surface area contributed by atoms with Gasteiger partial charge in [-0.15, -0.1) is 0 Å². The third kappa shape index (κ3) is 4.33. The van der Waals surface area contributed by atoms with Crippen molar-refractivity contribution >= 4 is 33.3 Å². The van der Waals surface area contributed by atoms with Crippen molar-refractivity contribution in [3.05, 3.63) is 33.3 Å². The number of amides is 2. The summed E-state index contributed by atoms with van der Waals surface area (Å²) in [6, 6.07) is 2.27. The molecule has 20 heavy (non-hydrogen) atoms. The van der Waals surface area contributed by atoms with E-state index in [1.165, 1.54) is 0 Å². The van der Waals surface area contributed by atoms with Gasteiger partial charge in [-0.1, -0.05) is 11.6 Å². The van der Waals surface area contributed by atoms with Crippen LogP contribution in [0.4, 0.5) is 10.5 Å². The van der Waals surface area contributed by atoms with Crippen LogP contribution in [0.15, 0.2) is 23.1 Å². The molecule has 0 unspecified atom stereocenters. The van der Waals surface area contributed by atoms with E-state index < -0.39 is 31.6 Å². The molecule has 0 aliphatic rings. The smallest absolute Gasteiger partial charge is 0.312 e. The molecule has 0 aliphatic carbocycles. The molecule has 4 N–H and O–H groups in total. The van der Waals surface area contributed by atoms with Gasteiger partial charge in [-0.3, -0.25) is 10.1 Å². The van der Waals surface area contributed by atoms with Crippen molar-refractivity contribution < 1.29 is 18.1 Å². The van der Waals surface area contributed by atoms with Crippen LogP contribution in [0.25, 0.3) is 0 Å². The molecule has 0 aliphatic heterocycles. The summed E-state index contributed by atoms with van der Waals surface area (Å²) in [5.41, 5.74) is 4.41. The lowest BCUT2D eigenvalue weighted by atomic mass is 10.3. The number of nitro benzene ring substituents is 1. The van der Waals surface area contributed by atoms with Crippen molar-refractivity contribution in [1.29, 1.82) is 0 Å². The summed E-state index contributed by atoms with van der Waals surface area (Å²) in [5, 5.41) is 12.6. The summed E-state index contributed by atoms with van der Waals surface area (Å²) < 4.78 is 26.0. The number of nitrogens with one attached hydrogen (secondary N) is 2. The first-order valence-electron chi connectivity index (χ1n) is 5.21. The second-order valence-corrected chi connectivity index (χ2v) is 5.70. The Hall–Kier alpha value is -1.91. The lowest BCUT2D eigenvalue weighted by molar-refractivity contribution is -0.385. The van der Waals surface area contributed by atoms with Crippen molar-refractivity contribution in [2.24, 2.45) is 5.73 Å². The Morgan fingerprint density at radius 3 is 2.60 bits per heavy atom. The molecular weight excluding hydrogens is 312 g/mol. The number of hydrogen-bond donors (Lipinski definition) is 3. The van der Waals surface area contributed by atoms with Gasteiger partial charge in [-0.05, 0) is 6.07 Å². The summed E-state index contributed by atoms with van der Waals surface area (Å²) in [6.45, 7) is -0.161. The Balaban J connectivity index is 2.89. The summed E-state index contributed by atoms with van der Waals surface area (Å²) in [7, 11) is -4.02. The number of nitrogens with two attached hydrogens (primary N) is 1. The van der Waals surface area contributed by atoms with Crippen LogP contribution in [0.5, 0.6) is 0 Å². The van der Waals surface area contributed by atoms with E-state index in [2.05, 4.69) is 10.0 Å². The van der Waals surface area contributed by atoms with Gasteiger partial charge in [0.15, 0.2) is 0 Å². The van der Waals surface area contributed by atoms with Crippen LogP contribution in [-0.2, 0) is 10.0 Å². The second-order valence-electron chi connectivity index (χ2n) is 3.56. The Morgan fingerprint density at radius 2 is 2.05 bits per heavy atom. The number of nitrogens with zero attached hydrogens (tertiary/aromatic N) is 1. The van der Waals surface area contributed by atoms with Crippen molar-refractivity contribution in [3.8, 4) is 0 Å². The third-order valence-corrected chi connectivity index (χ3v) is 4.07. The number of halogens is 1. The average molecular weight is 323 g/mol. The van der Waals surface area contributed by atoms with E-state index in [-0.39, 0.29) is 18.1 Å². The summed E-state index contributed by atoms with van der Waals surface area (Å²) in [6.07, 6.45) is 0. The molecule has 0 spiro atoms. The number of hydrogen-bond acceptors (Lipinski definition) is 5. The predicted molar refractivity (Wildman–Crippen MR) is 70.9 cm³/mol. The summed E-state index contributed by atoms with van der Waals surface area (Å²) in [4.78, 5) is 19.9. The van der Waals surface area contributed by atoms with E-state index in [1.54, 1.807) is 0 Å². The molecule has 0 aromatic heterocycles. The summed E-state index contributed by atoms with van der Waals surface area (Å²) >= 11 is 5.72. The van der Waals surface area contributed by atoms with Gasteiger partial charge in [0.1, 0.15) is 4.90 Å². The molecule has 11 heteroatoms. The Bertz CT molecular complexity index is 633. The number of non-ortho nitro benzene ring substituents is 1. The van der Waals surface area contributed by atoms with Crippen molar-refractivity contribution in [2.75, 3.05) is 13.1 Å². The minimum atomic E-state index is -4.02. The van der Waals surface area contributed by atoms with E-state index in [0.717, 1.165) is 18.2 Å². The molecule has 0 heterocycles. The minimum absolute atomic E-state index is 0.0267. The van der Waals surface area contributed by atoms with Crippen molar-refractivity contribution in [2.45, 2.75) is 4.90 Å². The Kier molecular flexibility index (Phi) is 5.25. The van der Waals surface area contributed by atoms with Crippen LogP contribution in [0, 0.1) is 10.1 Å². The summed E-state index contributed by atoms with van der Waals surface area (Å²) in [5.74, 6) is 0. The molecule has 0 radical (unpaired) electrons. The quantitative estimate of drug-likeness (QED) is 0.389. The molecule has 9 nitrogen and oxygen atoms in total. The molecule has 1 rings (SSSR count). The van der Waals surface area contributed by atoms with Gasteiger partial charge >= 0.3 is 6.03 Å². The maximum absolute atomic E-state index is 11.9. The molecule has 0 saturated heterocycles. The monoisotopic (exact) mass is 322 g/mol. The standard InChI is InChI=1S/C9H11ClN4O5S/c10-7-2-1-6(14(16)17)5-8(7)20(18,19)13-4-3-12-9(11)15/h1-2,5,13H,3-4H2,(H3,11,12,15). The van der Waals surface area contributed by atoms with Crippen LogP contribution in [-0.4, -0.2) is 32.5 Å². The van der Waals surface area contributed by atoms with Crippen LogP contribution in [0.3, 0.4) is 0 Å². The maximum atomic E-state index is 11.9. The molecule has 0 fully saturated rings. The topological polar surface area (TPSA) is 144 Å². The highest BCUT2D eigenvalue weighted by Crippen LogP contribution is 2.25. The minimum Gasteiger partial charge on any atom is -0.352 e. The second kappa shape index (κ2) is 6.50. The first kappa shape index (κ1) is 16.1. The molecule has 2 amide bonds. The number of carbonyl (C=O) groups excluding carboxylic acids is 1. The highest BCUT2D eigenvalue weighted by atomic mass is 35.5. The van der Waals surface area contributed by atoms with E-state index in [9.17, 15) is 23.3 Å². The molecule has 1 aromatic carbocycles. The number of rotatable bonds is 6. The molecule has 0 saturated carbocycles. The number of carbonyl (C=O) groups is 1. The number of nitro groups is 1. The van der Waals surface area contributed by atoms with Gasteiger partial charge in [-0.25, -0.2) is 17.9 Å². The van der Waals surface area contributed by atoms with Gasteiger partial charge < -0.3 is 11.1 Å². The van der Waals surface area contributed by atoms with Crippen LogP contribution < -0.4 is 15.8 Å². The maximum Gasteiger partial charge on any atom is 0.312 e. The van der Waals surface area contributed by atoms with Gasteiger partial charge in [-0.2, -0.15) is 0 Å². The van der Waals surface area contributed by atoms with Gasteiger partial charge in [0.2, 0.25) is 10.0 Å². The number of benzene rings is 1. The zero-order valence-corrected chi connectivity index (χ0v) is 11.6. The number of sulfonamides is 1. The highest BCUT2D eigenvalue weighted by Gasteiger charge is 2.21. The number of urea groups is 1. The Morgan fingerprint density at radius 1 is 1.40 bits per heavy atom. The first-order chi connectivity index (χ1) is 9.24. The van der Waals surface area contributed by atoms with Crippen LogP contribution >= 0.6 is 11.6 Å². The predicted octanol–water partition coefficient (Wildman–Crippen LogP) is 0.195. The fourth-order valence-corrected chi connectivity index (χ4v) is 2.81. The van der Waals surface area contributed by atoms with E-state index >= 15 is 0 Å². The highest BCUT2D eigenvalue weighted by molar-refractivity contribution is 7.89. The molecule has 0 atom stereocenters. The van der Waals surface area contributed by atoms with Crippen molar-refractivity contribution in [1.82, 2.24) is 10.0 Å². The Labute approximate surface area is 119 Å². The van der Waals surface area contributed by atoms with E-state index in [4.69, 9.17) is 17.3 Å². The van der Waals surface area contributed by atoms with Crippen LogP contribution in [0.1, 0.15) is 0 Å². The largest absolute Gasteiger partial charge is 0.352 e. The molecule has 0 bridgehead atoms. The zero-order valence-electron chi connectivity index (χ0n) is 10.00. The SMILES string of the molecule is NC(=O)NCCNS(=O)(=O)c1cc([N+](=O)[O-])ccc1Cl. The third-order valence-electron chi connectivity index (χ3n) is 2.13. The zero-order chi connectivity index (χ0) is 15.3. The van der Waals surface area contributed by atoms with Gasteiger partial charge in [0.05, 0.1) is 9.95 Å². The van der Waals surface area contributed by atoms with E-state index in [0.29, 0.717) is 0 Å². The molecular formula is C9H11ClN4O5S. The first-order valence-corrected chi connectivity index (χ1v) is 7.07. The fraction of sp³-hybridized carbons (Fsp3) is 0.222. The molecule has 1 aromatic rings. The van der Waals surface area contributed by atoms with Gasteiger partial charge in [0, 0.05) is 25.2 Å². The number of primary amides is 1. The lowest BCUT2D eigenvalue weighted by Crippen LogP contribution is -2.37. The van der Waals surface area contributed by atoms with E-state index in [1.807, 2.05) is 0 Å². The van der Waals surface area contributed by atoms with Crippen molar-refractivity contribution in [3.63, 3.8) is 0 Å². The molecule has 110 valence electrons. The normalized spacial score (nSPS) is 11.1. The van der Waals surface area contributed by atoms with Crippen LogP contribution in [0.2, 0.25) is 5.02 Å². The average Bonchev–Trinajstić information content (AvgIpc) is 2.34. The fourth-order valence-electron chi connectivity index (χ4n) is 1.26.